The predicted molar refractivity (Wildman–Crippen MR) is 117 cm³/mol. The largest absolute Gasteiger partial charge is 0.872 e. The van der Waals surface area contributed by atoms with Crippen LogP contribution in [0.3, 0.4) is 0 Å². The van der Waals surface area contributed by atoms with Gasteiger partial charge in [0.25, 0.3) is 0 Å². The summed E-state index contributed by atoms with van der Waals surface area (Å²) in [5, 5.41) is 21.3. The van der Waals surface area contributed by atoms with Crippen LogP contribution >= 0.6 is 0 Å². The highest BCUT2D eigenvalue weighted by Crippen LogP contribution is 2.32. The fraction of sp³-hybridized carbons (Fsp3) is 0. The van der Waals surface area contributed by atoms with Gasteiger partial charge in [-0.05, 0) is 23.3 Å². The third-order valence-corrected chi connectivity index (χ3v) is 5.06. The van der Waals surface area contributed by atoms with Gasteiger partial charge in [-0.25, -0.2) is 0 Å². The van der Waals surface area contributed by atoms with Crippen LogP contribution in [0, 0.1) is 0 Å². The maximum absolute atomic E-state index is 12.5. The maximum atomic E-state index is 12.5. The van der Waals surface area contributed by atoms with Crippen LogP contribution in [0.1, 0.15) is 0 Å². The summed E-state index contributed by atoms with van der Waals surface area (Å²) in [5.74, 6) is 1.15. The molecule has 4 nitrogen and oxygen atoms in total. The Balaban J connectivity index is 1.65. The van der Waals surface area contributed by atoms with Crippen molar-refractivity contribution in [2.45, 2.75) is 0 Å². The first kappa shape index (κ1) is 17.9. The smallest absolute Gasteiger partial charge is 0.168 e. The van der Waals surface area contributed by atoms with Gasteiger partial charge in [-0.3, -0.25) is 4.57 Å². The molecule has 5 aromatic rings. The van der Waals surface area contributed by atoms with Crippen LogP contribution in [0.4, 0.5) is 0 Å². The fourth-order valence-corrected chi connectivity index (χ4v) is 3.56. The number of hydrogen-bond donors (Lipinski definition) is 0. The lowest BCUT2D eigenvalue weighted by atomic mass is 10.0. The van der Waals surface area contributed by atoms with E-state index in [1.165, 1.54) is 0 Å². The summed E-state index contributed by atoms with van der Waals surface area (Å²) in [5.41, 5.74) is 4.66. The van der Waals surface area contributed by atoms with E-state index in [1.54, 1.807) is 18.2 Å². The van der Waals surface area contributed by atoms with Crippen molar-refractivity contribution in [1.82, 2.24) is 14.8 Å². The van der Waals surface area contributed by atoms with Crippen LogP contribution in [0.25, 0.3) is 39.6 Å². The highest BCUT2D eigenvalue weighted by atomic mass is 16.3. The third-order valence-electron chi connectivity index (χ3n) is 5.06. The van der Waals surface area contributed by atoms with E-state index < -0.39 is 0 Å². The van der Waals surface area contributed by atoms with Gasteiger partial charge in [0.2, 0.25) is 0 Å². The average Bonchev–Trinajstić information content (AvgIpc) is 3.25. The molecule has 0 aliphatic rings. The van der Waals surface area contributed by atoms with Crippen LogP contribution in [0.5, 0.6) is 5.75 Å². The molecule has 144 valence electrons. The minimum Gasteiger partial charge on any atom is -0.872 e. The molecule has 0 saturated carbocycles. The quantitative estimate of drug-likeness (QED) is 0.417. The standard InChI is InChI=1S/C26H19N3O/c30-24-14-8-7-13-23(24)26-28-27-25(29(26)22-11-5-2-6-12-22)21-17-15-20(16-18-21)19-9-3-1-4-10-19/h1-18,30H/p-1. The Labute approximate surface area is 174 Å². The molecular formula is C26H18N3O-. The molecule has 4 aromatic carbocycles. The van der Waals surface area contributed by atoms with Crippen LogP contribution in [0.2, 0.25) is 0 Å². The van der Waals surface area contributed by atoms with Crippen molar-refractivity contribution in [1.29, 1.82) is 0 Å². The van der Waals surface area contributed by atoms with E-state index in [0.717, 1.165) is 22.4 Å². The van der Waals surface area contributed by atoms with Gasteiger partial charge in [-0.15, -0.1) is 10.2 Å². The summed E-state index contributed by atoms with van der Waals surface area (Å²) < 4.78 is 1.94. The molecule has 1 aromatic heterocycles. The number of nitrogens with zero attached hydrogens (tertiary/aromatic N) is 3. The molecule has 0 saturated heterocycles. The van der Waals surface area contributed by atoms with E-state index >= 15 is 0 Å². The van der Waals surface area contributed by atoms with Gasteiger partial charge in [0.15, 0.2) is 11.6 Å². The Morgan fingerprint density at radius 3 is 1.73 bits per heavy atom. The van der Waals surface area contributed by atoms with E-state index in [2.05, 4.69) is 34.5 Å². The molecule has 0 unspecified atom stereocenters. The van der Waals surface area contributed by atoms with Crippen molar-refractivity contribution in [3.8, 4) is 45.3 Å². The zero-order valence-corrected chi connectivity index (χ0v) is 16.1. The highest BCUT2D eigenvalue weighted by Gasteiger charge is 2.17. The molecule has 0 aliphatic heterocycles. The molecule has 0 spiro atoms. The summed E-state index contributed by atoms with van der Waals surface area (Å²) in [4.78, 5) is 0. The Kier molecular flexibility index (Phi) is 4.58. The topological polar surface area (TPSA) is 53.8 Å². The van der Waals surface area contributed by atoms with Gasteiger partial charge in [0.1, 0.15) is 0 Å². The Morgan fingerprint density at radius 1 is 0.500 bits per heavy atom. The second-order valence-corrected chi connectivity index (χ2v) is 6.96. The van der Waals surface area contributed by atoms with Crippen molar-refractivity contribution in [3.05, 3.63) is 109 Å². The first-order valence-electron chi connectivity index (χ1n) is 9.74. The number of para-hydroxylation sites is 2. The lowest BCUT2D eigenvalue weighted by molar-refractivity contribution is -0.267. The normalized spacial score (nSPS) is 10.8. The van der Waals surface area contributed by atoms with Crippen molar-refractivity contribution >= 4 is 0 Å². The number of aromatic nitrogens is 3. The van der Waals surface area contributed by atoms with Crippen molar-refractivity contribution in [2.75, 3.05) is 0 Å². The summed E-state index contributed by atoms with van der Waals surface area (Å²) in [6.07, 6.45) is 0. The van der Waals surface area contributed by atoms with Gasteiger partial charge in [0.05, 0.1) is 0 Å². The van der Waals surface area contributed by atoms with Crippen LogP contribution in [0.15, 0.2) is 109 Å². The summed E-state index contributed by atoms with van der Waals surface area (Å²) in [6, 6.07) is 35.3. The molecule has 0 bridgehead atoms. The van der Waals surface area contributed by atoms with Crippen LogP contribution in [-0.4, -0.2) is 14.8 Å². The molecule has 4 heteroatoms. The van der Waals surface area contributed by atoms with E-state index in [9.17, 15) is 5.11 Å². The maximum Gasteiger partial charge on any atom is 0.168 e. The Morgan fingerprint density at radius 2 is 1.03 bits per heavy atom. The molecule has 0 aliphatic carbocycles. The van der Waals surface area contributed by atoms with Gasteiger partial charge in [-0.1, -0.05) is 103 Å². The first-order chi connectivity index (χ1) is 14.8. The molecule has 0 amide bonds. The Hall–Kier alpha value is -4.18. The van der Waals surface area contributed by atoms with Gasteiger partial charge in [0, 0.05) is 16.8 Å². The van der Waals surface area contributed by atoms with E-state index in [0.29, 0.717) is 17.2 Å². The number of hydrogen-bond acceptors (Lipinski definition) is 3. The molecule has 0 atom stereocenters. The summed E-state index contributed by atoms with van der Waals surface area (Å²) in [7, 11) is 0. The van der Waals surface area contributed by atoms with Gasteiger partial charge < -0.3 is 5.11 Å². The SMILES string of the molecule is [O-]c1ccccc1-c1nnc(-c2ccc(-c3ccccc3)cc2)n1-c1ccccc1. The minimum absolute atomic E-state index is 0.0759. The third kappa shape index (κ3) is 3.25. The minimum atomic E-state index is -0.0759. The summed E-state index contributed by atoms with van der Waals surface area (Å²) in [6.45, 7) is 0. The monoisotopic (exact) mass is 388 g/mol. The van der Waals surface area contributed by atoms with E-state index in [4.69, 9.17) is 0 Å². The zero-order chi connectivity index (χ0) is 20.3. The van der Waals surface area contributed by atoms with E-state index in [-0.39, 0.29) is 5.75 Å². The fourth-order valence-electron chi connectivity index (χ4n) is 3.56. The molecule has 0 fully saturated rings. The van der Waals surface area contributed by atoms with Crippen molar-refractivity contribution in [2.24, 2.45) is 0 Å². The molecule has 5 rings (SSSR count). The lowest BCUT2D eigenvalue weighted by Crippen LogP contribution is -2.02. The van der Waals surface area contributed by atoms with Gasteiger partial charge in [-0.2, -0.15) is 0 Å². The Bertz CT molecular complexity index is 1280. The second kappa shape index (κ2) is 7.68. The molecule has 1 heterocycles. The molecule has 30 heavy (non-hydrogen) atoms. The van der Waals surface area contributed by atoms with Crippen LogP contribution in [-0.2, 0) is 0 Å². The second-order valence-electron chi connectivity index (χ2n) is 6.96. The highest BCUT2D eigenvalue weighted by molar-refractivity contribution is 5.72. The van der Waals surface area contributed by atoms with Gasteiger partial charge >= 0.3 is 0 Å². The predicted octanol–water partition coefficient (Wildman–Crippen LogP) is 5.34. The number of benzene rings is 4. The number of rotatable bonds is 4. The average molecular weight is 388 g/mol. The summed E-state index contributed by atoms with van der Waals surface area (Å²) >= 11 is 0. The van der Waals surface area contributed by atoms with Crippen molar-refractivity contribution in [3.63, 3.8) is 0 Å². The lowest BCUT2D eigenvalue weighted by Gasteiger charge is -2.15. The zero-order valence-electron chi connectivity index (χ0n) is 16.1. The first-order valence-corrected chi connectivity index (χ1v) is 9.74. The molecule has 0 N–H and O–H groups in total. The van der Waals surface area contributed by atoms with Crippen molar-refractivity contribution < 1.29 is 5.11 Å². The van der Waals surface area contributed by atoms with Crippen LogP contribution < -0.4 is 5.11 Å². The van der Waals surface area contributed by atoms with E-state index in [1.807, 2.05) is 71.3 Å². The molecular weight excluding hydrogens is 370 g/mol. The molecule has 0 radical (unpaired) electrons.